The second kappa shape index (κ2) is 5.95. The zero-order valence-electron chi connectivity index (χ0n) is 10.2. The van der Waals surface area contributed by atoms with E-state index < -0.39 is 11.6 Å². The smallest absolute Gasteiger partial charge is 0.176 e. The second-order valence-corrected chi connectivity index (χ2v) is 3.71. The summed E-state index contributed by atoms with van der Waals surface area (Å²) in [5.41, 5.74) is 3.16. The number of rotatable bonds is 4. The predicted molar refractivity (Wildman–Crippen MR) is 70.6 cm³/mol. The van der Waals surface area contributed by atoms with Gasteiger partial charge < -0.3 is 4.74 Å². The number of anilines is 1. The third kappa shape index (κ3) is 3.07. The fourth-order valence-corrected chi connectivity index (χ4v) is 1.51. The van der Waals surface area contributed by atoms with Crippen LogP contribution in [-0.2, 0) is 0 Å². The largest absolute Gasteiger partial charge is 0.494 e. The van der Waals surface area contributed by atoms with Crippen LogP contribution >= 0.6 is 0 Å². The first-order valence-electron chi connectivity index (χ1n) is 5.58. The van der Waals surface area contributed by atoms with E-state index >= 15 is 0 Å². The molecule has 0 amide bonds. The van der Waals surface area contributed by atoms with Crippen molar-refractivity contribution in [2.75, 3.05) is 12.5 Å². The average Bonchev–Trinajstić information content (AvgIpc) is 2.44. The van der Waals surface area contributed by atoms with Crippen LogP contribution in [0.15, 0.2) is 47.6 Å². The number of hydrogen-bond acceptors (Lipinski definition) is 3. The first-order chi connectivity index (χ1) is 9.22. The van der Waals surface area contributed by atoms with Crippen molar-refractivity contribution in [3.05, 3.63) is 59.7 Å². The number of methoxy groups -OCH3 is 1. The second-order valence-electron chi connectivity index (χ2n) is 3.71. The average molecular weight is 262 g/mol. The maximum Gasteiger partial charge on any atom is 0.176 e. The number of nitrogens with one attached hydrogen (secondary N) is 1. The van der Waals surface area contributed by atoms with Gasteiger partial charge >= 0.3 is 0 Å². The van der Waals surface area contributed by atoms with Crippen molar-refractivity contribution in [2.24, 2.45) is 5.10 Å². The van der Waals surface area contributed by atoms with Crippen LogP contribution in [0.1, 0.15) is 5.56 Å². The Labute approximate surface area is 109 Å². The van der Waals surface area contributed by atoms with E-state index in [0.29, 0.717) is 0 Å². The van der Waals surface area contributed by atoms with E-state index in [9.17, 15) is 8.78 Å². The molecule has 0 heterocycles. The molecule has 0 unspecified atom stereocenters. The van der Waals surface area contributed by atoms with Crippen LogP contribution in [0.5, 0.6) is 5.75 Å². The number of hydrogen-bond donors (Lipinski definition) is 1. The van der Waals surface area contributed by atoms with Gasteiger partial charge in [0.05, 0.1) is 24.6 Å². The third-order valence-electron chi connectivity index (χ3n) is 2.47. The molecule has 2 aromatic rings. The van der Waals surface area contributed by atoms with Crippen molar-refractivity contribution in [3.63, 3.8) is 0 Å². The van der Waals surface area contributed by atoms with Crippen LogP contribution in [0.2, 0.25) is 0 Å². The molecule has 0 radical (unpaired) electrons. The quantitative estimate of drug-likeness (QED) is 0.676. The summed E-state index contributed by atoms with van der Waals surface area (Å²) in [4.78, 5) is 0. The van der Waals surface area contributed by atoms with Crippen LogP contribution < -0.4 is 10.2 Å². The van der Waals surface area contributed by atoms with Gasteiger partial charge in [0, 0.05) is 0 Å². The first-order valence-corrected chi connectivity index (χ1v) is 5.58. The van der Waals surface area contributed by atoms with E-state index in [-0.39, 0.29) is 11.3 Å². The van der Waals surface area contributed by atoms with Crippen molar-refractivity contribution in [1.82, 2.24) is 0 Å². The zero-order valence-corrected chi connectivity index (χ0v) is 10.2. The highest BCUT2D eigenvalue weighted by Gasteiger charge is 2.12. The lowest BCUT2D eigenvalue weighted by Crippen LogP contribution is -1.99. The summed E-state index contributed by atoms with van der Waals surface area (Å²) < 4.78 is 32.0. The molecule has 0 aliphatic carbocycles. The molecule has 0 saturated heterocycles. The van der Waals surface area contributed by atoms with Gasteiger partial charge in [0.15, 0.2) is 11.6 Å². The molecule has 19 heavy (non-hydrogen) atoms. The van der Waals surface area contributed by atoms with Crippen molar-refractivity contribution in [2.45, 2.75) is 0 Å². The maximum absolute atomic E-state index is 13.8. The maximum atomic E-state index is 13.8. The highest BCUT2D eigenvalue weighted by Crippen LogP contribution is 2.21. The normalized spacial score (nSPS) is 10.7. The minimum atomic E-state index is -0.777. The number of hydrazone groups is 1. The molecule has 0 fully saturated rings. The lowest BCUT2D eigenvalue weighted by atomic mass is 10.2. The van der Waals surface area contributed by atoms with Gasteiger partial charge in [-0.05, 0) is 24.3 Å². The Morgan fingerprint density at radius 2 is 1.84 bits per heavy atom. The van der Waals surface area contributed by atoms with Gasteiger partial charge in [-0.25, -0.2) is 8.78 Å². The molecular weight excluding hydrogens is 250 g/mol. The van der Waals surface area contributed by atoms with E-state index in [1.54, 1.807) is 12.1 Å². The highest BCUT2D eigenvalue weighted by molar-refractivity contribution is 5.81. The molecule has 98 valence electrons. The Balaban J connectivity index is 2.19. The number of halogens is 2. The Hall–Kier alpha value is -2.43. The number of benzene rings is 2. The lowest BCUT2D eigenvalue weighted by molar-refractivity contribution is 0.383. The highest BCUT2D eigenvalue weighted by atomic mass is 19.1. The lowest BCUT2D eigenvalue weighted by Gasteiger charge is -2.05. The van der Waals surface area contributed by atoms with Crippen LogP contribution in [0.3, 0.4) is 0 Å². The molecule has 0 bridgehead atoms. The van der Waals surface area contributed by atoms with E-state index in [2.05, 4.69) is 10.5 Å². The van der Waals surface area contributed by atoms with Gasteiger partial charge in [-0.15, -0.1) is 0 Å². The Morgan fingerprint density at radius 3 is 2.53 bits per heavy atom. The molecule has 0 saturated carbocycles. The van der Waals surface area contributed by atoms with Gasteiger partial charge in [0.25, 0.3) is 0 Å². The van der Waals surface area contributed by atoms with Gasteiger partial charge in [-0.3, -0.25) is 5.43 Å². The zero-order chi connectivity index (χ0) is 13.7. The van der Waals surface area contributed by atoms with Crippen LogP contribution in [-0.4, -0.2) is 13.3 Å². The fraction of sp³-hybridized carbons (Fsp3) is 0.0714. The van der Waals surface area contributed by atoms with E-state index in [1.165, 1.54) is 13.2 Å². The van der Waals surface area contributed by atoms with Gasteiger partial charge in [0.1, 0.15) is 5.82 Å². The number of nitrogens with zero attached hydrogens (tertiary/aromatic N) is 1. The van der Waals surface area contributed by atoms with Crippen molar-refractivity contribution < 1.29 is 13.5 Å². The van der Waals surface area contributed by atoms with E-state index in [4.69, 9.17) is 4.74 Å². The fourth-order valence-electron chi connectivity index (χ4n) is 1.51. The molecule has 2 aromatic carbocycles. The van der Waals surface area contributed by atoms with Crippen molar-refractivity contribution in [1.29, 1.82) is 0 Å². The predicted octanol–water partition coefficient (Wildman–Crippen LogP) is 3.42. The summed E-state index contributed by atoms with van der Waals surface area (Å²) in [6.07, 6.45) is 1.08. The van der Waals surface area contributed by atoms with Crippen LogP contribution in [0.4, 0.5) is 14.5 Å². The van der Waals surface area contributed by atoms with Gasteiger partial charge in [0.2, 0.25) is 0 Å². The summed E-state index contributed by atoms with van der Waals surface area (Å²) in [5.74, 6) is -1.50. The molecule has 1 N–H and O–H groups in total. The molecule has 0 atom stereocenters. The molecule has 0 aliphatic heterocycles. The molecule has 3 nitrogen and oxygen atoms in total. The summed E-state index contributed by atoms with van der Waals surface area (Å²) in [6, 6.07) is 11.4. The summed E-state index contributed by atoms with van der Waals surface area (Å²) in [6.45, 7) is 0. The third-order valence-corrected chi connectivity index (χ3v) is 2.47. The molecule has 5 heteroatoms. The van der Waals surface area contributed by atoms with Gasteiger partial charge in [-0.1, -0.05) is 18.2 Å². The Kier molecular flexibility index (Phi) is 4.07. The van der Waals surface area contributed by atoms with Crippen molar-refractivity contribution in [3.8, 4) is 5.75 Å². The monoisotopic (exact) mass is 262 g/mol. The molecular formula is C14H12F2N2O. The summed E-state index contributed by atoms with van der Waals surface area (Å²) in [5, 5.41) is 3.80. The van der Waals surface area contributed by atoms with E-state index in [0.717, 1.165) is 18.0 Å². The van der Waals surface area contributed by atoms with Crippen LogP contribution in [0.25, 0.3) is 0 Å². The Bertz CT molecular complexity index is 585. The SMILES string of the molecule is COc1ccc(F)c(C=NNc2ccccc2)c1F. The van der Waals surface area contributed by atoms with Crippen molar-refractivity contribution >= 4 is 11.9 Å². The minimum Gasteiger partial charge on any atom is -0.494 e. The molecule has 2 rings (SSSR count). The molecule has 0 spiro atoms. The Morgan fingerprint density at radius 1 is 1.11 bits per heavy atom. The topological polar surface area (TPSA) is 33.6 Å². The van der Waals surface area contributed by atoms with Crippen LogP contribution in [0, 0.1) is 11.6 Å². The summed E-state index contributed by atoms with van der Waals surface area (Å²) in [7, 11) is 1.32. The molecule has 0 aliphatic rings. The summed E-state index contributed by atoms with van der Waals surface area (Å²) >= 11 is 0. The molecule has 0 aromatic heterocycles. The van der Waals surface area contributed by atoms with E-state index in [1.807, 2.05) is 18.2 Å². The number of ether oxygens (including phenoxy) is 1. The van der Waals surface area contributed by atoms with Gasteiger partial charge in [-0.2, -0.15) is 5.10 Å². The number of para-hydroxylation sites is 1. The minimum absolute atomic E-state index is 0.0254. The standard InChI is InChI=1S/C14H12F2N2O/c1-19-13-8-7-12(15)11(14(13)16)9-17-18-10-5-3-2-4-6-10/h2-9,18H,1H3. The first kappa shape index (κ1) is 13.0.